The molecule has 5 heteroatoms. The first-order chi connectivity index (χ1) is 12.2. The molecule has 3 heterocycles. The fourth-order valence-electron chi connectivity index (χ4n) is 3.83. The van der Waals surface area contributed by atoms with Crippen molar-refractivity contribution in [1.82, 2.24) is 4.57 Å². The summed E-state index contributed by atoms with van der Waals surface area (Å²) in [5, 5.41) is 10.4. The van der Waals surface area contributed by atoms with E-state index in [2.05, 4.69) is 32.9 Å². The summed E-state index contributed by atoms with van der Waals surface area (Å²) in [7, 11) is 0. The Morgan fingerprint density at radius 3 is 2.65 bits per heavy atom. The Bertz CT molecular complexity index is 1110. The van der Waals surface area contributed by atoms with Crippen LogP contribution >= 0.6 is 0 Å². The van der Waals surface area contributed by atoms with Crippen molar-refractivity contribution in [1.29, 1.82) is 0 Å². The van der Waals surface area contributed by atoms with Crippen molar-refractivity contribution in [2.45, 2.75) is 40.2 Å². The van der Waals surface area contributed by atoms with E-state index in [1.54, 1.807) is 0 Å². The molecule has 134 valence electrons. The van der Waals surface area contributed by atoms with Crippen LogP contribution in [0.2, 0.25) is 0 Å². The summed E-state index contributed by atoms with van der Waals surface area (Å²) in [6, 6.07) is 7.53. The molecule has 2 aromatic heterocycles. The van der Waals surface area contributed by atoms with E-state index < -0.39 is 11.4 Å². The highest BCUT2D eigenvalue weighted by molar-refractivity contribution is 5.90. The minimum atomic E-state index is -1.20. The van der Waals surface area contributed by atoms with Crippen molar-refractivity contribution in [3.8, 4) is 11.5 Å². The Labute approximate surface area is 150 Å². The molecule has 3 aromatic rings. The molecule has 0 fully saturated rings. The SMILES string of the molecule is Cc1ccc2c3c(oc2c1)-c1cc(=O)c(C(=O)O)cn1C(C(C)(C)C)C3. The van der Waals surface area contributed by atoms with Crippen LogP contribution in [0.5, 0.6) is 0 Å². The zero-order valence-electron chi connectivity index (χ0n) is 15.3. The number of carboxylic acid groups (broad SMARTS) is 1. The van der Waals surface area contributed by atoms with Crippen LogP contribution in [0.4, 0.5) is 0 Å². The van der Waals surface area contributed by atoms with E-state index in [4.69, 9.17) is 4.42 Å². The van der Waals surface area contributed by atoms with Gasteiger partial charge in [-0.05, 0) is 30.4 Å². The molecule has 1 unspecified atom stereocenters. The minimum Gasteiger partial charge on any atom is -0.477 e. The van der Waals surface area contributed by atoms with E-state index in [1.807, 2.05) is 17.6 Å². The molecule has 1 aromatic carbocycles. The van der Waals surface area contributed by atoms with Gasteiger partial charge >= 0.3 is 5.97 Å². The third kappa shape index (κ3) is 2.38. The molecular formula is C21H21NO4. The number of carboxylic acids is 1. The molecule has 0 saturated carbocycles. The monoisotopic (exact) mass is 351 g/mol. The van der Waals surface area contributed by atoms with Crippen molar-refractivity contribution in [3.05, 3.63) is 57.4 Å². The van der Waals surface area contributed by atoms with E-state index in [0.29, 0.717) is 11.5 Å². The van der Waals surface area contributed by atoms with E-state index >= 15 is 0 Å². The number of hydrogen-bond acceptors (Lipinski definition) is 3. The minimum absolute atomic E-state index is 0.0193. The maximum absolute atomic E-state index is 12.3. The molecule has 1 atom stereocenters. The molecule has 0 bridgehead atoms. The molecule has 0 saturated heterocycles. The smallest absolute Gasteiger partial charge is 0.341 e. The topological polar surface area (TPSA) is 72.4 Å². The zero-order chi connectivity index (χ0) is 18.8. The maximum Gasteiger partial charge on any atom is 0.341 e. The lowest BCUT2D eigenvalue weighted by molar-refractivity contribution is 0.0693. The standard InChI is InChI=1S/C21H21NO4/c1-11-5-6-12-13-8-18(21(2,3)4)22-10-14(20(24)25)16(23)9-15(22)19(13)26-17(12)7-11/h5-7,9-10,18H,8H2,1-4H3,(H,24,25). The number of pyridine rings is 1. The van der Waals surface area contributed by atoms with Gasteiger partial charge in [0.15, 0.2) is 11.2 Å². The van der Waals surface area contributed by atoms with Crippen LogP contribution in [0, 0.1) is 12.3 Å². The summed E-state index contributed by atoms with van der Waals surface area (Å²) in [6.45, 7) is 8.38. The van der Waals surface area contributed by atoms with Crippen molar-refractivity contribution < 1.29 is 14.3 Å². The number of aromatic nitrogens is 1. The molecule has 0 amide bonds. The Kier molecular flexibility index (Phi) is 3.41. The van der Waals surface area contributed by atoms with Crippen LogP contribution in [0.3, 0.4) is 0 Å². The summed E-state index contributed by atoms with van der Waals surface area (Å²) in [5.74, 6) is -0.538. The predicted octanol–water partition coefficient (Wildman–Crippen LogP) is 4.41. The van der Waals surface area contributed by atoms with Gasteiger partial charge in [0, 0.05) is 29.3 Å². The van der Waals surface area contributed by atoms with Crippen molar-refractivity contribution >= 4 is 16.9 Å². The van der Waals surface area contributed by atoms with E-state index in [9.17, 15) is 14.7 Å². The Morgan fingerprint density at radius 1 is 1.27 bits per heavy atom. The first-order valence-electron chi connectivity index (χ1n) is 8.68. The molecule has 0 spiro atoms. The van der Waals surface area contributed by atoms with Crippen molar-refractivity contribution in [2.75, 3.05) is 0 Å². The van der Waals surface area contributed by atoms with Gasteiger partial charge in [0.1, 0.15) is 11.1 Å². The lowest BCUT2D eigenvalue weighted by Gasteiger charge is -2.37. The first kappa shape index (κ1) is 16.6. The average molecular weight is 351 g/mol. The summed E-state index contributed by atoms with van der Waals surface area (Å²) in [6.07, 6.45) is 2.20. The van der Waals surface area contributed by atoms with Gasteiger partial charge < -0.3 is 14.1 Å². The van der Waals surface area contributed by atoms with Gasteiger partial charge in [-0.1, -0.05) is 32.9 Å². The van der Waals surface area contributed by atoms with Gasteiger partial charge in [0.2, 0.25) is 0 Å². The molecule has 5 nitrogen and oxygen atoms in total. The third-order valence-corrected chi connectivity index (χ3v) is 5.22. The second-order valence-corrected chi connectivity index (χ2v) is 8.14. The lowest BCUT2D eigenvalue weighted by atomic mass is 9.80. The highest BCUT2D eigenvalue weighted by Gasteiger charge is 2.36. The van der Waals surface area contributed by atoms with Gasteiger partial charge in [-0.25, -0.2) is 4.79 Å². The number of fused-ring (bicyclic) bond motifs is 5. The van der Waals surface area contributed by atoms with Gasteiger partial charge in [-0.15, -0.1) is 0 Å². The third-order valence-electron chi connectivity index (χ3n) is 5.22. The Morgan fingerprint density at radius 2 is 2.00 bits per heavy atom. The molecule has 1 aliphatic rings. The molecule has 1 aliphatic heterocycles. The fourth-order valence-corrected chi connectivity index (χ4v) is 3.83. The predicted molar refractivity (Wildman–Crippen MR) is 99.8 cm³/mol. The van der Waals surface area contributed by atoms with Crippen LogP contribution < -0.4 is 5.43 Å². The number of nitrogens with zero attached hydrogens (tertiary/aromatic N) is 1. The summed E-state index contributed by atoms with van der Waals surface area (Å²) >= 11 is 0. The molecule has 0 aliphatic carbocycles. The van der Waals surface area contributed by atoms with Crippen molar-refractivity contribution in [2.24, 2.45) is 5.41 Å². The highest BCUT2D eigenvalue weighted by atomic mass is 16.4. The number of rotatable bonds is 1. The molecule has 1 N–H and O–H groups in total. The maximum atomic E-state index is 12.3. The number of carbonyl (C=O) groups is 1. The second-order valence-electron chi connectivity index (χ2n) is 8.14. The summed E-state index contributed by atoms with van der Waals surface area (Å²) in [4.78, 5) is 23.8. The molecule has 0 radical (unpaired) electrons. The molecule has 4 rings (SSSR count). The number of aromatic carboxylic acids is 1. The van der Waals surface area contributed by atoms with E-state index in [-0.39, 0.29) is 17.0 Å². The fraction of sp³-hybridized carbons (Fsp3) is 0.333. The van der Waals surface area contributed by atoms with E-state index in [1.165, 1.54) is 12.3 Å². The number of furan rings is 1. The van der Waals surface area contributed by atoms with Crippen LogP contribution in [0.25, 0.3) is 22.4 Å². The number of hydrogen-bond donors (Lipinski definition) is 1. The molecule has 26 heavy (non-hydrogen) atoms. The van der Waals surface area contributed by atoms with Gasteiger partial charge in [0.25, 0.3) is 0 Å². The highest BCUT2D eigenvalue weighted by Crippen LogP contribution is 2.45. The van der Waals surface area contributed by atoms with Crippen LogP contribution in [-0.2, 0) is 6.42 Å². The number of aryl methyl sites for hydroxylation is 1. The summed E-state index contributed by atoms with van der Waals surface area (Å²) < 4.78 is 8.01. The Balaban J connectivity index is 2.07. The van der Waals surface area contributed by atoms with E-state index in [0.717, 1.165) is 28.5 Å². The molecular weight excluding hydrogens is 330 g/mol. The quantitative estimate of drug-likeness (QED) is 0.705. The summed E-state index contributed by atoms with van der Waals surface area (Å²) in [5.41, 5.74) is 2.81. The largest absolute Gasteiger partial charge is 0.477 e. The second kappa shape index (κ2) is 5.34. The van der Waals surface area contributed by atoms with Gasteiger partial charge in [-0.2, -0.15) is 0 Å². The zero-order valence-corrected chi connectivity index (χ0v) is 15.3. The first-order valence-corrected chi connectivity index (χ1v) is 8.68. The average Bonchev–Trinajstić information content (AvgIpc) is 2.90. The van der Waals surface area contributed by atoms with Gasteiger partial charge in [-0.3, -0.25) is 4.79 Å². The lowest BCUT2D eigenvalue weighted by Crippen LogP contribution is -2.32. The van der Waals surface area contributed by atoms with Crippen LogP contribution in [0.15, 0.2) is 39.7 Å². The Hall–Kier alpha value is -2.82. The van der Waals surface area contributed by atoms with Crippen LogP contribution in [0.1, 0.15) is 48.3 Å². The number of benzene rings is 1. The van der Waals surface area contributed by atoms with Crippen LogP contribution in [-0.4, -0.2) is 15.6 Å². The van der Waals surface area contributed by atoms with Gasteiger partial charge in [0.05, 0.1) is 5.69 Å². The normalized spacial score (nSPS) is 16.4. The van der Waals surface area contributed by atoms with Crippen molar-refractivity contribution in [3.63, 3.8) is 0 Å².